The first-order valence-electron chi connectivity index (χ1n) is 9.05. The van der Waals surface area contributed by atoms with E-state index >= 15 is 0 Å². The number of aliphatic hydroxyl groups is 2. The van der Waals surface area contributed by atoms with Crippen LogP contribution in [0.25, 0.3) is 0 Å². The molecule has 0 bridgehead atoms. The van der Waals surface area contributed by atoms with Crippen molar-refractivity contribution in [1.29, 1.82) is 0 Å². The summed E-state index contributed by atoms with van der Waals surface area (Å²) in [6.45, 7) is 15.6. The van der Waals surface area contributed by atoms with E-state index < -0.39 is 6.10 Å². The van der Waals surface area contributed by atoms with E-state index in [4.69, 9.17) is 0 Å². The number of benzene rings is 1. The maximum atomic E-state index is 10.5. The lowest BCUT2D eigenvalue weighted by atomic mass is 9.89. The highest BCUT2D eigenvalue weighted by atomic mass is 16.3. The van der Waals surface area contributed by atoms with Gasteiger partial charge in [0, 0.05) is 39.3 Å². The summed E-state index contributed by atoms with van der Waals surface area (Å²) in [6.07, 6.45) is -0.735. The van der Waals surface area contributed by atoms with Crippen molar-refractivity contribution < 1.29 is 10.2 Å². The molecular formula is C20H34N2O2. The molecule has 0 amide bonds. The van der Waals surface area contributed by atoms with Crippen LogP contribution in [0.1, 0.15) is 43.6 Å². The van der Waals surface area contributed by atoms with Crippen molar-refractivity contribution in [2.24, 2.45) is 5.41 Å². The highest BCUT2D eigenvalue weighted by molar-refractivity contribution is 5.31. The molecule has 2 N–H and O–H groups in total. The summed E-state index contributed by atoms with van der Waals surface area (Å²) in [5, 5.41) is 20.8. The maximum absolute atomic E-state index is 10.5. The van der Waals surface area contributed by atoms with Crippen LogP contribution in [0.3, 0.4) is 0 Å². The van der Waals surface area contributed by atoms with E-state index in [0.717, 1.165) is 38.3 Å². The van der Waals surface area contributed by atoms with Crippen LogP contribution in [-0.4, -0.2) is 65.4 Å². The zero-order valence-electron chi connectivity index (χ0n) is 15.9. The van der Waals surface area contributed by atoms with Gasteiger partial charge in [-0.05, 0) is 36.0 Å². The molecule has 0 spiro atoms. The van der Waals surface area contributed by atoms with Crippen LogP contribution in [-0.2, 0) is 0 Å². The molecule has 1 aromatic rings. The molecule has 0 aliphatic carbocycles. The first-order chi connectivity index (χ1) is 11.2. The average Bonchev–Trinajstić information content (AvgIpc) is 2.51. The molecule has 2 rings (SSSR count). The Morgan fingerprint density at radius 2 is 1.46 bits per heavy atom. The quantitative estimate of drug-likeness (QED) is 0.868. The number of nitrogens with zero attached hydrogens (tertiary/aromatic N) is 2. The lowest BCUT2D eigenvalue weighted by Gasteiger charge is -2.38. The van der Waals surface area contributed by atoms with Crippen LogP contribution in [0.2, 0.25) is 0 Å². The van der Waals surface area contributed by atoms with E-state index in [0.29, 0.717) is 6.54 Å². The SMILES string of the molecule is Cc1ccc([C@@H](O)CN2CCN(C[C@H](O)C(C)(C)C)CC2)cc1C. The van der Waals surface area contributed by atoms with E-state index in [1.54, 1.807) is 0 Å². The molecule has 24 heavy (non-hydrogen) atoms. The van der Waals surface area contributed by atoms with Crippen LogP contribution in [0, 0.1) is 19.3 Å². The van der Waals surface area contributed by atoms with Crippen molar-refractivity contribution in [2.75, 3.05) is 39.3 Å². The number of hydrogen-bond acceptors (Lipinski definition) is 4. The van der Waals surface area contributed by atoms with Gasteiger partial charge in [-0.15, -0.1) is 0 Å². The van der Waals surface area contributed by atoms with Crippen LogP contribution in [0.15, 0.2) is 18.2 Å². The third-order valence-corrected chi connectivity index (χ3v) is 5.24. The van der Waals surface area contributed by atoms with E-state index in [1.165, 1.54) is 11.1 Å². The Morgan fingerprint density at radius 1 is 0.917 bits per heavy atom. The van der Waals surface area contributed by atoms with Crippen molar-refractivity contribution >= 4 is 0 Å². The minimum atomic E-state index is -0.434. The molecule has 4 heteroatoms. The third kappa shape index (κ3) is 5.28. The van der Waals surface area contributed by atoms with Gasteiger partial charge in [0.05, 0.1) is 12.2 Å². The van der Waals surface area contributed by atoms with Crippen molar-refractivity contribution in [3.63, 3.8) is 0 Å². The Morgan fingerprint density at radius 3 is 1.96 bits per heavy atom. The number of rotatable bonds is 5. The van der Waals surface area contributed by atoms with Crippen molar-refractivity contribution in [2.45, 2.75) is 46.8 Å². The highest BCUT2D eigenvalue weighted by Crippen LogP contribution is 2.21. The van der Waals surface area contributed by atoms with E-state index in [2.05, 4.69) is 56.6 Å². The van der Waals surface area contributed by atoms with Crippen LogP contribution in [0.4, 0.5) is 0 Å². The predicted molar refractivity (Wildman–Crippen MR) is 99.2 cm³/mol. The lowest BCUT2D eigenvalue weighted by Crippen LogP contribution is -2.50. The molecule has 0 unspecified atom stereocenters. The summed E-state index contributed by atoms with van der Waals surface area (Å²) in [6, 6.07) is 6.21. The Labute approximate surface area is 147 Å². The Balaban J connectivity index is 1.81. The van der Waals surface area contributed by atoms with Crippen LogP contribution < -0.4 is 0 Å². The second-order valence-electron chi connectivity index (χ2n) is 8.34. The topological polar surface area (TPSA) is 46.9 Å². The van der Waals surface area contributed by atoms with Gasteiger partial charge in [0.15, 0.2) is 0 Å². The number of hydrogen-bond donors (Lipinski definition) is 2. The molecule has 1 aliphatic rings. The fourth-order valence-electron chi connectivity index (χ4n) is 2.99. The molecular weight excluding hydrogens is 300 g/mol. The minimum Gasteiger partial charge on any atom is -0.391 e. The van der Waals surface area contributed by atoms with Gasteiger partial charge in [-0.3, -0.25) is 9.80 Å². The number of aryl methyl sites for hydroxylation is 2. The van der Waals surface area contributed by atoms with E-state index in [1.807, 2.05) is 6.07 Å². The molecule has 0 saturated carbocycles. The molecule has 1 aromatic carbocycles. The van der Waals surface area contributed by atoms with Gasteiger partial charge in [0.25, 0.3) is 0 Å². The zero-order valence-corrected chi connectivity index (χ0v) is 15.9. The molecule has 1 saturated heterocycles. The average molecular weight is 335 g/mol. The first-order valence-corrected chi connectivity index (χ1v) is 9.05. The lowest BCUT2D eigenvalue weighted by molar-refractivity contribution is 0.00718. The summed E-state index contributed by atoms with van der Waals surface area (Å²) in [4.78, 5) is 4.65. The summed E-state index contributed by atoms with van der Waals surface area (Å²) in [5.74, 6) is 0. The van der Waals surface area contributed by atoms with Gasteiger partial charge in [-0.25, -0.2) is 0 Å². The number of piperazine rings is 1. The highest BCUT2D eigenvalue weighted by Gasteiger charge is 2.27. The number of β-amino-alcohol motifs (C(OH)–C–C–N with tert-alkyl or cyclic N) is 2. The zero-order chi connectivity index (χ0) is 17.9. The Hall–Kier alpha value is -0.940. The normalized spacial score (nSPS) is 20.1. The smallest absolute Gasteiger partial charge is 0.0917 e. The third-order valence-electron chi connectivity index (χ3n) is 5.24. The van der Waals surface area contributed by atoms with Gasteiger partial charge in [-0.1, -0.05) is 39.0 Å². The molecule has 0 radical (unpaired) electrons. The van der Waals surface area contributed by atoms with Gasteiger partial charge < -0.3 is 10.2 Å². The fraction of sp³-hybridized carbons (Fsp3) is 0.700. The van der Waals surface area contributed by atoms with E-state index in [9.17, 15) is 10.2 Å². The van der Waals surface area contributed by atoms with Gasteiger partial charge in [-0.2, -0.15) is 0 Å². The van der Waals surface area contributed by atoms with Gasteiger partial charge in [0.2, 0.25) is 0 Å². The second-order valence-corrected chi connectivity index (χ2v) is 8.34. The summed E-state index contributed by atoms with van der Waals surface area (Å²) >= 11 is 0. The molecule has 2 atom stereocenters. The molecule has 136 valence electrons. The molecule has 4 nitrogen and oxygen atoms in total. The minimum absolute atomic E-state index is 0.0728. The summed E-state index contributed by atoms with van der Waals surface area (Å²) in [7, 11) is 0. The summed E-state index contributed by atoms with van der Waals surface area (Å²) < 4.78 is 0. The fourth-order valence-corrected chi connectivity index (χ4v) is 2.99. The van der Waals surface area contributed by atoms with Gasteiger partial charge in [0.1, 0.15) is 0 Å². The maximum Gasteiger partial charge on any atom is 0.0917 e. The second kappa shape index (κ2) is 7.96. The van der Waals surface area contributed by atoms with E-state index in [-0.39, 0.29) is 11.5 Å². The number of aliphatic hydroxyl groups excluding tert-OH is 2. The van der Waals surface area contributed by atoms with Gasteiger partial charge >= 0.3 is 0 Å². The molecule has 1 heterocycles. The largest absolute Gasteiger partial charge is 0.391 e. The van der Waals surface area contributed by atoms with Crippen LogP contribution >= 0.6 is 0 Å². The van der Waals surface area contributed by atoms with Crippen molar-refractivity contribution in [3.05, 3.63) is 34.9 Å². The summed E-state index contributed by atoms with van der Waals surface area (Å²) in [5.41, 5.74) is 3.42. The molecule has 0 aromatic heterocycles. The molecule has 1 fully saturated rings. The standard InChI is InChI=1S/C20H34N2O2/c1-15-6-7-17(12-16(15)2)18(23)13-21-8-10-22(11-9-21)14-19(24)20(3,4)5/h6-7,12,18-19,23-24H,8-11,13-14H2,1-5H3/t18-,19-/m0/s1. The Bertz CT molecular complexity index is 531. The van der Waals surface area contributed by atoms with Crippen molar-refractivity contribution in [1.82, 2.24) is 9.80 Å². The monoisotopic (exact) mass is 334 g/mol. The molecule has 1 aliphatic heterocycles. The first kappa shape index (κ1) is 19.4. The Kier molecular flexibility index (Phi) is 6.43. The van der Waals surface area contributed by atoms with Crippen LogP contribution in [0.5, 0.6) is 0 Å². The predicted octanol–water partition coefficient (Wildman–Crippen LogP) is 2.36. The van der Waals surface area contributed by atoms with Crippen molar-refractivity contribution in [3.8, 4) is 0 Å².